The van der Waals surface area contributed by atoms with Crippen molar-refractivity contribution >= 4 is 0 Å². The number of hydrogen-bond donors (Lipinski definition) is 0. The molecule has 2 heteroatoms. The van der Waals surface area contributed by atoms with Gasteiger partial charge in [-0.25, -0.2) is 0 Å². The van der Waals surface area contributed by atoms with Gasteiger partial charge in [0.05, 0.1) is 6.61 Å². The summed E-state index contributed by atoms with van der Waals surface area (Å²) in [4.78, 5) is 0. The van der Waals surface area contributed by atoms with Crippen LogP contribution < -0.4 is 4.74 Å². The minimum atomic E-state index is 0.722. The molecule has 1 rings (SSSR count). The fourth-order valence-corrected chi connectivity index (χ4v) is 1.21. The maximum Gasteiger partial charge on any atom is 0.119 e. The van der Waals surface area contributed by atoms with Crippen molar-refractivity contribution in [2.24, 2.45) is 0 Å². The molecule has 0 amide bonds. The van der Waals surface area contributed by atoms with Gasteiger partial charge in [-0.15, -0.1) is 0 Å². The van der Waals surface area contributed by atoms with E-state index in [1.807, 2.05) is 12.1 Å². The van der Waals surface area contributed by atoms with Crippen molar-refractivity contribution in [2.45, 2.75) is 19.8 Å². The molecule has 0 unspecified atom stereocenters. The zero-order chi connectivity index (χ0) is 10.2. The highest BCUT2D eigenvalue weighted by Crippen LogP contribution is 2.12. The summed E-state index contributed by atoms with van der Waals surface area (Å²) in [6, 6.07) is 8.24. The number of benzene rings is 1. The van der Waals surface area contributed by atoms with Crippen molar-refractivity contribution in [3.63, 3.8) is 0 Å². The van der Waals surface area contributed by atoms with Gasteiger partial charge in [-0.1, -0.05) is 19.1 Å². The van der Waals surface area contributed by atoms with Crippen LogP contribution in [0.2, 0.25) is 0 Å². The molecule has 0 saturated heterocycles. The van der Waals surface area contributed by atoms with Gasteiger partial charge >= 0.3 is 0 Å². The van der Waals surface area contributed by atoms with E-state index in [1.54, 1.807) is 7.11 Å². The first kappa shape index (κ1) is 11.1. The van der Waals surface area contributed by atoms with Crippen LogP contribution in [-0.4, -0.2) is 20.3 Å². The predicted octanol–water partition coefficient (Wildman–Crippen LogP) is 2.66. The summed E-state index contributed by atoms with van der Waals surface area (Å²) >= 11 is 0. The van der Waals surface area contributed by atoms with Gasteiger partial charge < -0.3 is 9.47 Å². The van der Waals surface area contributed by atoms with E-state index in [9.17, 15) is 0 Å². The highest BCUT2D eigenvalue weighted by atomic mass is 16.5. The maximum absolute atomic E-state index is 5.53. The highest BCUT2D eigenvalue weighted by molar-refractivity contribution is 5.27. The van der Waals surface area contributed by atoms with E-state index >= 15 is 0 Å². The number of aryl methyl sites for hydroxylation is 1. The Labute approximate surface area is 85.8 Å². The summed E-state index contributed by atoms with van der Waals surface area (Å²) in [6.45, 7) is 3.63. The van der Waals surface area contributed by atoms with Crippen molar-refractivity contribution in [2.75, 3.05) is 20.3 Å². The summed E-state index contributed by atoms with van der Waals surface area (Å²) in [5.41, 5.74) is 1.34. The average molecular weight is 194 g/mol. The van der Waals surface area contributed by atoms with Crippen LogP contribution in [0.4, 0.5) is 0 Å². The Hall–Kier alpha value is -1.02. The molecule has 0 saturated carbocycles. The minimum absolute atomic E-state index is 0.722. The SMILES string of the molecule is CCc1ccc(OCCCOC)cc1. The Morgan fingerprint density at radius 2 is 1.79 bits per heavy atom. The quantitative estimate of drug-likeness (QED) is 0.648. The summed E-state index contributed by atoms with van der Waals surface area (Å²) in [5.74, 6) is 0.943. The van der Waals surface area contributed by atoms with E-state index in [2.05, 4.69) is 19.1 Å². The van der Waals surface area contributed by atoms with Gasteiger partial charge in [0.1, 0.15) is 5.75 Å². The standard InChI is InChI=1S/C12H18O2/c1-3-11-5-7-12(8-6-11)14-10-4-9-13-2/h5-8H,3-4,9-10H2,1-2H3. The maximum atomic E-state index is 5.53. The zero-order valence-electron chi connectivity index (χ0n) is 8.95. The molecule has 1 aromatic rings. The Morgan fingerprint density at radius 1 is 1.07 bits per heavy atom. The first-order valence-corrected chi connectivity index (χ1v) is 5.07. The van der Waals surface area contributed by atoms with Gasteiger partial charge in [0.25, 0.3) is 0 Å². The van der Waals surface area contributed by atoms with E-state index in [1.165, 1.54) is 5.56 Å². The van der Waals surface area contributed by atoms with E-state index in [-0.39, 0.29) is 0 Å². The molecule has 0 aliphatic rings. The molecule has 0 N–H and O–H groups in total. The van der Waals surface area contributed by atoms with Gasteiger partial charge in [-0.05, 0) is 24.1 Å². The molecular formula is C12H18O2. The van der Waals surface area contributed by atoms with Crippen LogP contribution in [-0.2, 0) is 11.2 Å². The molecule has 0 aliphatic carbocycles. The first-order valence-electron chi connectivity index (χ1n) is 5.07. The molecule has 0 bridgehead atoms. The molecule has 2 nitrogen and oxygen atoms in total. The van der Waals surface area contributed by atoms with Crippen LogP contribution >= 0.6 is 0 Å². The molecule has 0 aliphatic heterocycles. The van der Waals surface area contributed by atoms with Crippen molar-refractivity contribution in [3.8, 4) is 5.75 Å². The Morgan fingerprint density at radius 3 is 2.36 bits per heavy atom. The normalized spacial score (nSPS) is 10.1. The number of ether oxygens (including phenoxy) is 2. The van der Waals surface area contributed by atoms with E-state index in [4.69, 9.17) is 9.47 Å². The van der Waals surface area contributed by atoms with Crippen LogP contribution in [0.15, 0.2) is 24.3 Å². The van der Waals surface area contributed by atoms with Gasteiger partial charge in [0.2, 0.25) is 0 Å². The molecule has 78 valence electrons. The number of hydrogen-bond acceptors (Lipinski definition) is 2. The second-order valence-electron chi connectivity index (χ2n) is 3.19. The third kappa shape index (κ3) is 3.79. The lowest BCUT2D eigenvalue weighted by molar-refractivity contribution is 0.172. The van der Waals surface area contributed by atoms with Gasteiger partial charge in [-0.3, -0.25) is 0 Å². The van der Waals surface area contributed by atoms with Crippen LogP contribution in [0, 0.1) is 0 Å². The average Bonchev–Trinajstić information content (AvgIpc) is 2.25. The van der Waals surface area contributed by atoms with E-state index < -0.39 is 0 Å². The lowest BCUT2D eigenvalue weighted by Gasteiger charge is -2.06. The molecule has 0 aromatic heterocycles. The third-order valence-electron chi connectivity index (χ3n) is 2.09. The Balaban J connectivity index is 2.29. The smallest absolute Gasteiger partial charge is 0.119 e. The van der Waals surface area contributed by atoms with Crippen molar-refractivity contribution < 1.29 is 9.47 Å². The molecule has 0 spiro atoms. The zero-order valence-corrected chi connectivity index (χ0v) is 8.95. The predicted molar refractivity (Wildman–Crippen MR) is 57.8 cm³/mol. The highest BCUT2D eigenvalue weighted by Gasteiger charge is 1.93. The molecule has 14 heavy (non-hydrogen) atoms. The summed E-state index contributed by atoms with van der Waals surface area (Å²) < 4.78 is 10.5. The molecule has 0 fully saturated rings. The monoisotopic (exact) mass is 194 g/mol. The van der Waals surface area contributed by atoms with Crippen molar-refractivity contribution in [1.29, 1.82) is 0 Å². The Kier molecular flexibility index (Phi) is 5.08. The van der Waals surface area contributed by atoms with Crippen LogP contribution in [0.1, 0.15) is 18.9 Å². The number of methoxy groups -OCH3 is 1. The Bertz CT molecular complexity index is 241. The lowest BCUT2D eigenvalue weighted by Crippen LogP contribution is -2.01. The molecule has 1 aromatic carbocycles. The van der Waals surface area contributed by atoms with Crippen molar-refractivity contribution in [1.82, 2.24) is 0 Å². The van der Waals surface area contributed by atoms with Crippen LogP contribution in [0.25, 0.3) is 0 Å². The van der Waals surface area contributed by atoms with Gasteiger partial charge in [0, 0.05) is 20.1 Å². The van der Waals surface area contributed by atoms with Gasteiger partial charge in [0.15, 0.2) is 0 Å². The first-order chi connectivity index (χ1) is 6.86. The third-order valence-corrected chi connectivity index (χ3v) is 2.09. The molecular weight excluding hydrogens is 176 g/mol. The van der Waals surface area contributed by atoms with E-state index in [0.717, 1.165) is 31.8 Å². The molecule has 0 heterocycles. The second-order valence-corrected chi connectivity index (χ2v) is 3.19. The summed E-state index contributed by atoms with van der Waals surface area (Å²) in [6.07, 6.45) is 2.01. The molecule has 0 atom stereocenters. The van der Waals surface area contributed by atoms with Crippen LogP contribution in [0.5, 0.6) is 5.75 Å². The fraction of sp³-hybridized carbons (Fsp3) is 0.500. The van der Waals surface area contributed by atoms with Gasteiger partial charge in [-0.2, -0.15) is 0 Å². The van der Waals surface area contributed by atoms with E-state index in [0.29, 0.717) is 0 Å². The second kappa shape index (κ2) is 6.44. The fourth-order valence-electron chi connectivity index (χ4n) is 1.21. The molecule has 0 radical (unpaired) electrons. The lowest BCUT2D eigenvalue weighted by atomic mass is 10.2. The number of rotatable bonds is 6. The topological polar surface area (TPSA) is 18.5 Å². The largest absolute Gasteiger partial charge is 0.494 e. The summed E-state index contributed by atoms with van der Waals surface area (Å²) in [5, 5.41) is 0. The summed E-state index contributed by atoms with van der Waals surface area (Å²) in [7, 11) is 1.70. The van der Waals surface area contributed by atoms with Crippen molar-refractivity contribution in [3.05, 3.63) is 29.8 Å². The minimum Gasteiger partial charge on any atom is -0.494 e. The van der Waals surface area contributed by atoms with Crippen LogP contribution in [0.3, 0.4) is 0 Å².